The van der Waals surface area contributed by atoms with Crippen LogP contribution in [-0.4, -0.2) is 25.7 Å². The van der Waals surface area contributed by atoms with Crippen molar-refractivity contribution in [1.29, 1.82) is 5.26 Å². The van der Waals surface area contributed by atoms with E-state index in [4.69, 9.17) is 9.47 Å². The molecule has 2 aromatic rings. The van der Waals surface area contributed by atoms with Gasteiger partial charge in [-0.25, -0.2) is 0 Å². The van der Waals surface area contributed by atoms with Crippen molar-refractivity contribution in [1.82, 2.24) is 5.32 Å². The maximum Gasteiger partial charge on any atom is 0.262 e. The zero-order valence-corrected chi connectivity index (χ0v) is 16.4. The molecule has 2 aromatic carbocycles. The molecule has 0 saturated heterocycles. The zero-order chi connectivity index (χ0) is 20.2. The summed E-state index contributed by atoms with van der Waals surface area (Å²) in [5.41, 5.74) is 1.98. The van der Waals surface area contributed by atoms with E-state index in [1.54, 1.807) is 6.08 Å². The molecule has 0 fully saturated rings. The lowest BCUT2D eigenvalue weighted by atomic mass is 10.1. The van der Waals surface area contributed by atoms with E-state index >= 15 is 0 Å². The number of hydrogen-bond acceptors (Lipinski definition) is 4. The summed E-state index contributed by atoms with van der Waals surface area (Å²) in [6, 6.07) is 17.0. The molecular formula is C23H26N2O3. The first-order valence-electron chi connectivity index (χ1n) is 9.44. The molecule has 0 spiro atoms. The molecule has 0 saturated carbocycles. The van der Waals surface area contributed by atoms with E-state index in [9.17, 15) is 10.1 Å². The van der Waals surface area contributed by atoms with E-state index in [-0.39, 0.29) is 5.57 Å². The average molecular weight is 378 g/mol. The van der Waals surface area contributed by atoms with Crippen LogP contribution in [0.15, 0.2) is 54.1 Å². The molecule has 0 aliphatic heterocycles. The Morgan fingerprint density at radius 1 is 1.04 bits per heavy atom. The fraction of sp³-hybridized carbons (Fsp3) is 0.304. The van der Waals surface area contributed by atoms with Crippen LogP contribution >= 0.6 is 0 Å². The number of rotatable bonds is 10. The van der Waals surface area contributed by atoms with Crippen LogP contribution in [0.5, 0.6) is 11.5 Å². The lowest BCUT2D eigenvalue weighted by Gasteiger charge is -2.08. The lowest BCUT2D eigenvalue weighted by Crippen LogP contribution is -2.29. The van der Waals surface area contributed by atoms with Gasteiger partial charge in [0, 0.05) is 0 Å². The minimum atomic E-state index is -0.418. The Hall–Kier alpha value is -3.26. The van der Waals surface area contributed by atoms with E-state index in [2.05, 4.69) is 12.2 Å². The van der Waals surface area contributed by atoms with E-state index in [1.165, 1.54) is 0 Å². The smallest absolute Gasteiger partial charge is 0.262 e. The highest BCUT2D eigenvalue weighted by molar-refractivity contribution is 6.01. The van der Waals surface area contributed by atoms with Crippen LogP contribution < -0.4 is 14.8 Å². The molecule has 0 heterocycles. The van der Waals surface area contributed by atoms with Crippen LogP contribution in [-0.2, 0) is 4.79 Å². The Balaban J connectivity index is 1.82. The standard InChI is InChI=1S/C23H26N2O3/c1-3-4-14-27-22-11-7-19(8-12-22)16-20(17-24)23(26)25-13-15-28-21-9-5-18(2)6-10-21/h5-12,16H,3-4,13-15H2,1-2H3,(H,25,26)/b20-16+. The summed E-state index contributed by atoms with van der Waals surface area (Å²) < 4.78 is 11.2. The number of aryl methyl sites for hydroxylation is 1. The Bertz CT molecular complexity index is 818. The van der Waals surface area contributed by atoms with Gasteiger partial charge in [-0.1, -0.05) is 43.2 Å². The Kier molecular flexibility index (Phi) is 8.61. The fourth-order valence-electron chi connectivity index (χ4n) is 2.37. The van der Waals surface area contributed by atoms with Crippen molar-refractivity contribution in [2.75, 3.05) is 19.8 Å². The maximum atomic E-state index is 12.2. The zero-order valence-electron chi connectivity index (χ0n) is 16.4. The number of benzene rings is 2. The monoisotopic (exact) mass is 378 g/mol. The van der Waals surface area contributed by atoms with Crippen molar-refractivity contribution in [2.45, 2.75) is 26.7 Å². The van der Waals surface area contributed by atoms with Crippen LogP contribution in [0.2, 0.25) is 0 Å². The van der Waals surface area contributed by atoms with Crippen molar-refractivity contribution in [3.05, 3.63) is 65.2 Å². The number of hydrogen-bond donors (Lipinski definition) is 1. The molecule has 0 radical (unpaired) electrons. The Morgan fingerprint density at radius 2 is 1.64 bits per heavy atom. The maximum absolute atomic E-state index is 12.2. The predicted octanol–water partition coefficient (Wildman–Crippen LogP) is 4.28. The van der Waals surface area contributed by atoms with Crippen molar-refractivity contribution in [3.63, 3.8) is 0 Å². The van der Waals surface area contributed by atoms with E-state index in [0.29, 0.717) is 19.8 Å². The quantitative estimate of drug-likeness (QED) is 0.381. The van der Waals surface area contributed by atoms with Crippen LogP contribution in [0, 0.1) is 18.3 Å². The summed E-state index contributed by atoms with van der Waals surface area (Å²) in [7, 11) is 0. The molecule has 0 aromatic heterocycles. The van der Waals surface area contributed by atoms with E-state index in [0.717, 1.165) is 35.5 Å². The first-order valence-corrected chi connectivity index (χ1v) is 9.44. The van der Waals surface area contributed by atoms with Crippen LogP contribution in [0.1, 0.15) is 30.9 Å². The first-order chi connectivity index (χ1) is 13.6. The number of unbranched alkanes of at least 4 members (excludes halogenated alkanes) is 1. The summed E-state index contributed by atoms with van der Waals surface area (Å²) in [5, 5.41) is 12.0. The lowest BCUT2D eigenvalue weighted by molar-refractivity contribution is -0.117. The number of carbonyl (C=O) groups is 1. The molecule has 2 rings (SSSR count). The van der Waals surface area contributed by atoms with Crippen LogP contribution in [0.3, 0.4) is 0 Å². The topological polar surface area (TPSA) is 71.3 Å². The molecule has 1 amide bonds. The summed E-state index contributed by atoms with van der Waals surface area (Å²) in [6.45, 7) is 5.45. The SMILES string of the molecule is CCCCOc1ccc(/C=C(\C#N)C(=O)NCCOc2ccc(C)cc2)cc1. The number of amides is 1. The van der Waals surface area contributed by atoms with Crippen LogP contribution in [0.4, 0.5) is 0 Å². The third kappa shape index (κ3) is 7.16. The molecule has 1 N–H and O–H groups in total. The molecule has 0 bridgehead atoms. The molecule has 0 aliphatic rings. The van der Waals surface area contributed by atoms with Crippen molar-refractivity contribution < 1.29 is 14.3 Å². The molecule has 0 atom stereocenters. The minimum absolute atomic E-state index is 0.0509. The summed E-state index contributed by atoms with van der Waals surface area (Å²) in [4.78, 5) is 12.2. The molecular weight excluding hydrogens is 352 g/mol. The minimum Gasteiger partial charge on any atom is -0.494 e. The van der Waals surface area contributed by atoms with Gasteiger partial charge >= 0.3 is 0 Å². The van der Waals surface area contributed by atoms with Gasteiger partial charge in [-0.2, -0.15) is 5.26 Å². The highest BCUT2D eigenvalue weighted by Crippen LogP contribution is 2.15. The average Bonchev–Trinajstić information content (AvgIpc) is 2.72. The molecule has 5 heteroatoms. The normalized spacial score (nSPS) is 10.8. The van der Waals surface area contributed by atoms with Gasteiger partial charge in [0.25, 0.3) is 5.91 Å². The van der Waals surface area contributed by atoms with Gasteiger partial charge in [0.05, 0.1) is 13.2 Å². The third-order valence-electron chi connectivity index (χ3n) is 4.00. The second-order valence-electron chi connectivity index (χ2n) is 6.36. The second-order valence-corrected chi connectivity index (χ2v) is 6.36. The van der Waals surface area contributed by atoms with Crippen molar-refractivity contribution in [2.24, 2.45) is 0 Å². The molecule has 5 nitrogen and oxygen atoms in total. The third-order valence-corrected chi connectivity index (χ3v) is 4.00. The van der Waals surface area contributed by atoms with Gasteiger partial charge in [0.1, 0.15) is 29.7 Å². The highest BCUT2D eigenvalue weighted by Gasteiger charge is 2.08. The molecule has 0 unspecified atom stereocenters. The summed E-state index contributed by atoms with van der Waals surface area (Å²) in [5.74, 6) is 1.11. The highest BCUT2D eigenvalue weighted by atomic mass is 16.5. The number of nitrogens with zero attached hydrogens (tertiary/aromatic N) is 1. The van der Waals surface area contributed by atoms with Gasteiger partial charge in [0.2, 0.25) is 0 Å². The number of nitriles is 1. The Labute approximate surface area is 166 Å². The summed E-state index contributed by atoms with van der Waals surface area (Å²) >= 11 is 0. The van der Waals surface area contributed by atoms with Gasteiger partial charge in [-0.05, 0) is 49.2 Å². The molecule has 0 aliphatic carbocycles. The van der Waals surface area contributed by atoms with Gasteiger partial charge in [0.15, 0.2) is 0 Å². The van der Waals surface area contributed by atoms with Crippen molar-refractivity contribution in [3.8, 4) is 17.6 Å². The van der Waals surface area contributed by atoms with Gasteiger partial charge in [-0.15, -0.1) is 0 Å². The number of nitrogens with one attached hydrogen (secondary N) is 1. The van der Waals surface area contributed by atoms with E-state index < -0.39 is 5.91 Å². The van der Waals surface area contributed by atoms with Crippen LogP contribution in [0.25, 0.3) is 6.08 Å². The molecule has 28 heavy (non-hydrogen) atoms. The molecule has 146 valence electrons. The van der Waals surface area contributed by atoms with Crippen molar-refractivity contribution >= 4 is 12.0 Å². The second kappa shape index (κ2) is 11.5. The number of carbonyl (C=O) groups excluding carboxylic acids is 1. The van der Waals surface area contributed by atoms with Gasteiger partial charge in [-0.3, -0.25) is 4.79 Å². The predicted molar refractivity (Wildman–Crippen MR) is 110 cm³/mol. The fourth-order valence-corrected chi connectivity index (χ4v) is 2.37. The Morgan fingerprint density at radius 3 is 2.25 bits per heavy atom. The summed E-state index contributed by atoms with van der Waals surface area (Å²) in [6.07, 6.45) is 3.65. The van der Waals surface area contributed by atoms with E-state index in [1.807, 2.05) is 61.5 Å². The number of ether oxygens (including phenoxy) is 2. The largest absolute Gasteiger partial charge is 0.494 e. The van der Waals surface area contributed by atoms with Gasteiger partial charge < -0.3 is 14.8 Å². The first kappa shape index (κ1) is 21.0.